The first-order chi connectivity index (χ1) is 11.0. The largest absolute Gasteiger partial charge is 0.474 e. The van der Waals surface area contributed by atoms with Crippen molar-refractivity contribution < 1.29 is 9.53 Å². The van der Waals surface area contributed by atoms with Crippen molar-refractivity contribution in [3.05, 3.63) is 47.2 Å². The molecule has 120 valence electrons. The van der Waals surface area contributed by atoms with Gasteiger partial charge in [0.1, 0.15) is 5.56 Å². The van der Waals surface area contributed by atoms with Crippen LogP contribution in [0.2, 0.25) is 0 Å². The predicted octanol–water partition coefficient (Wildman–Crippen LogP) is 3.40. The molecule has 5 nitrogen and oxygen atoms in total. The molecule has 1 aliphatic heterocycles. The van der Waals surface area contributed by atoms with Gasteiger partial charge in [-0.2, -0.15) is 0 Å². The van der Waals surface area contributed by atoms with Gasteiger partial charge in [0.05, 0.1) is 6.10 Å². The Bertz CT molecular complexity index is 741. The van der Waals surface area contributed by atoms with Crippen LogP contribution in [0.3, 0.4) is 0 Å². The van der Waals surface area contributed by atoms with Crippen LogP contribution in [0.25, 0.3) is 0 Å². The van der Waals surface area contributed by atoms with E-state index in [2.05, 4.69) is 15.6 Å². The molecule has 3 rings (SSSR count). The lowest BCUT2D eigenvalue weighted by atomic mass is 10.1. The number of rotatable bonds is 4. The van der Waals surface area contributed by atoms with Crippen LogP contribution < -0.4 is 15.4 Å². The van der Waals surface area contributed by atoms with Gasteiger partial charge in [-0.05, 0) is 63.1 Å². The van der Waals surface area contributed by atoms with E-state index in [1.165, 1.54) is 5.56 Å². The Morgan fingerprint density at radius 1 is 1.30 bits per heavy atom. The number of ether oxygens (including phenoxy) is 1. The second kappa shape index (κ2) is 6.28. The van der Waals surface area contributed by atoms with Crippen molar-refractivity contribution in [2.24, 2.45) is 0 Å². The van der Waals surface area contributed by atoms with E-state index in [1.807, 2.05) is 45.0 Å². The fourth-order valence-corrected chi connectivity index (χ4v) is 2.60. The van der Waals surface area contributed by atoms with Crippen LogP contribution in [0.15, 0.2) is 30.3 Å². The normalized spacial score (nSPS) is 12.7. The van der Waals surface area contributed by atoms with Gasteiger partial charge in [0.25, 0.3) is 5.91 Å². The molecular weight excluding hydrogens is 290 g/mol. The van der Waals surface area contributed by atoms with Gasteiger partial charge in [-0.1, -0.05) is 0 Å². The Morgan fingerprint density at radius 2 is 2.13 bits per heavy atom. The summed E-state index contributed by atoms with van der Waals surface area (Å²) < 4.78 is 5.68. The summed E-state index contributed by atoms with van der Waals surface area (Å²) in [4.78, 5) is 16.9. The van der Waals surface area contributed by atoms with Crippen LogP contribution in [0.1, 0.15) is 35.5 Å². The highest BCUT2D eigenvalue weighted by atomic mass is 16.5. The molecule has 1 amide bonds. The second-order valence-corrected chi connectivity index (χ2v) is 5.97. The second-order valence-electron chi connectivity index (χ2n) is 5.97. The van der Waals surface area contributed by atoms with Crippen molar-refractivity contribution in [2.75, 3.05) is 17.2 Å². The fraction of sp³-hybridized carbons (Fsp3) is 0.333. The van der Waals surface area contributed by atoms with Crippen molar-refractivity contribution in [1.29, 1.82) is 0 Å². The van der Waals surface area contributed by atoms with Crippen LogP contribution in [-0.4, -0.2) is 23.5 Å². The third-order valence-electron chi connectivity index (χ3n) is 3.66. The molecular formula is C18H21N3O2. The molecule has 0 fully saturated rings. The molecule has 2 N–H and O–H groups in total. The molecule has 0 radical (unpaired) electrons. The van der Waals surface area contributed by atoms with E-state index in [1.54, 1.807) is 6.07 Å². The summed E-state index contributed by atoms with van der Waals surface area (Å²) >= 11 is 0. The Labute approximate surface area is 136 Å². The Balaban J connectivity index is 1.83. The number of amides is 1. The van der Waals surface area contributed by atoms with Gasteiger partial charge in [-0.3, -0.25) is 4.79 Å². The monoisotopic (exact) mass is 311 g/mol. The third kappa shape index (κ3) is 3.44. The highest BCUT2D eigenvalue weighted by Gasteiger charge is 2.17. The maximum Gasteiger partial charge on any atom is 0.261 e. The Kier molecular flexibility index (Phi) is 4.19. The highest BCUT2D eigenvalue weighted by Crippen LogP contribution is 2.26. The number of anilines is 2. The molecule has 0 aliphatic carbocycles. The number of hydrogen-bond acceptors (Lipinski definition) is 4. The van der Waals surface area contributed by atoms with Crippen LogP contribution in [-0.2, 0) is 6.42 Å². The molecule has 2 heterocycles. The zero-order valence-electron chi connectivity index (χ0n) is 13.6. The molecule has 0 saturated carbocycles. The number of carbonyl (C=O) groups is 1. The first kappa shape index (κ1) is 15.3. The third-order valence-corrected chi connectivity index (χ3v) is 3.66. The molecule has 1 aliphatic rings. The van der Waals surface area contributed by atoms with E-state index >= 15 is 0 Å². The first-order valence-corrected chi connectivity index (χ1v) is 7.85. The lowest BCUT2D eigenvalue weighted by molar-refractivity contribution is 0.102. The van der Waals surface area contributed by atoms with Crippen LogP contribution in [0.4, 0.5) is 11.4 Å². The van der Waals surface area contributed by atoms with E-state index in [4.69, 9.17) is 4.74 Å². The molecule has 1 aromatic heterocycles. The van der Waals surface area contributed by atoms with Crippen molar-refractivity contribution in [3.63, 3.8) is 0 Å². The van der Waals surface area contributed by atoms with Crippen LogP contribution in [0, 0.1) is 6.92 Å². The number of pyridine rings is 1. The number of hydrogen-bond donors (Lipinski definition) is 2. The van der Waals surface area contributed by atoms with E-state index in [0.717, 1.165) is 30.0 Å². The fourth-order valence-electron chi connectivity index (χ4n) is 2.60. The van der Waals surface area contributed by atoms with Crippen molar-refractivity contribution in [1.82, 2.24) is 4.98 Å². The predicted molar refractivity (Wildman–Crippen MR) is 91.3 cm³/mol. The smallest absolute Gasteiger partial charge is 0.261 e. The maximum atomic E-state index is 12.6. The van der Waals surface area contributed by atoms with Gasteiger partial charge in [0.15, 0.2) is 0 Å². The van der Waals surface area contributed by atoms with E-state index in [-0.39, 0.29) is 12.0 Å². The SMILES string of the molecule is Cc1ccc(C(=O)Nc2ccc3c(c2)CCN3)c(OC(C)C)n1. The molecule has 0 bridgehead atoms. The van der Waals surface area contributed by atoms with Crippen LogP contribution >= 0.6 is 0 Å². The zero-order valence-corrected chi connectivity index (χ0v) is 13.6. The van der Waals surface area contributed by atoms with Crippen LogP contribution in [0.5, 0.6) is 5.88 Å². The molecule has 0 atom stereocenters. The number of aromatic nitrogens is 1. The zero-order chi connectivity index (χ0) is 16.4. The van der Waals surface area contributed by atoms with Gasteiger partial charge in [0.2, 0.25) is 5.88 Å². The minimum Gasteiger partial charge on any atom is -0.474 e. The lowest BCUT2D eigenvalue weighted by Gasteiger charge is -2.14. The van der Waals surface area contributed by atoms with Gasteiger partial charge < -0.3 is 15.4 Å². The average Bonchev–Trinajstić information content (AvgIpc) is 2.94. The summed E-state index contributed by atoms with van der Waals surface area (Å²) in [5.41, 5.74) is 4.42. The van der Waals surface area contributed by atoms with Crippen molar-refractivity contribution >= 4 is 17.3 Å². The van der Waals surface area contributed by atoms with E-state index in [9.17, 15) is 4.79 Å². The lowest BCUT2D eigenvalue weighted by Crippen LogP contribution is -2.17. The minimum absolute atomic E-state index is 0.0399. The number of nitrogens with zero attached hydrogens (tertiary/aromatic N) is 1. The Hall–Kier alpha value is -2.56. The quantitative estimate of drug-likeness (QED) is 0.908. The molecule has 0 spiro atoms. The molecule has 2 aromatic rings. The van der Waals surface area contributed by atoms with Crippen molar-refractivity contribution in [2.45, 2.75) is 33.3 Å². The van der Waals surface area contributed by atoms with E-state index in [0.29, 0.717) is 11.4 Å². The number of nitrogens with one attached hydrogen (secondary N) is 2. The molecule has 23 heavy (non-hydrogen) atoms. The minimum atomic E-state index is -0.209. The van der Waals surface area contributed by atoms with Gasteiger partial charge in [-0.15, -0.1) is 0 Å². The number of carbonyl (C=O) groups excluding carboxylic acids is 1. The highest BCUT2D eigenvalue weighted by molar-refractivity contribution is 6.06. The summed E-state index contributed by atoms with van der Waals surface area (Å²) in [7, 11) is 0. The average molecular weight is 311 g/mol. The van der Waals surface area contributed by atoms with Crippen molar-refractivity contribution in [3.8, 4) is 5.88 Å². The molecule has 0 saturated heterocycles. The summed E-state index contributed by atoms with van der Waals surface area (Å²) in [6.45, 7) is 6.65. The number of benzene rings is 1. The summed E-state index contributed by atoms with van der Waals surface area (Å²) in [6, 6.07) is 9.48. The molecule has 0 unspecified atom stereocenters. The maximum absolute atomic E-state index is 12.6. The molecule has 1 aromatic carbocycles. The standard InChI is InChI=1S/C18H21N3O2/c1-11(2)23-18-15(6-4-12(3)20-18)17(22)21-14-5-7-16-13(10-14)8-9-19-16/h4-7,10-11,19H,8-9H2,1-3H3,(H,21,22). The molecule has 5 heteroatoms. The first-order valence-electron chi connectivity index (χ1n) is 7.85. The number of fused-ring (bicyclic) bond motifs is 1. The van der Waals surface area contributed by atoms with Gasteiger partial charge in [-0.25, -0.2) is 4.98 Å². The topological polar surface area (TPSA) is 63.2 Å². The summed E-state index contributed by atoms with van der Waals surface area (Å²) in [5, 5.41) is 6.24. The summed E-state index contributed by atoms with van der Waals surface area (Å²) in [5.74, 6) is 0.166. The number of aryl methyl sites for hydroxylation is 1. The van der Waals surface area contributed by atoms with Gasteiger partial charge >= 0.3 is 0 Å². The van der Waals surface area contributed by atoms with Gasteiger partial charge in [0, 0.05) is 23.6 Å². The Morgan fingerprint density at radius 3 is 2.91 bits per heavy atom. The summed E-state index contributed by atoms with van der Waals surface area (Å²) in [6.07, 6.45) is 0.939. The van der Waals surface area contributed by atoms with E-state index < -0.39 is 0 Å².